The summed E-state index contributed by atoms with van der Waals surface area (Å²) < 4.78 is 5.12. The molecule has 0 radical (unpaired) electrons. The highest BCUT2D eigenvalue weighted by Crippen LogP contribution is 2.21. The minimum atomic E-state index is 0.329. The van der Waals surface area contributed by atoms with Crippen molar-refractivity contribution in [1.29, 1.82) is 0 Å². The Morgan fingerprint density at radius 3 is 2.25 bits per heavy atom. The summed E-state index contributed by atoms with van der Waals surface area (Å²) in [6.07, 6.45) is 1.19. The molecule has 0 aliphatic carbocycles. The maximum Gasteiger partial charge on any atom is 0.0589 e. The molecule has 3 heteroatoms. The number of likely N-dealkylation sites (N-methyl/N-ethyl adjacent to an activating group) is 1. The molecule has 1 unspecified atom stereocenters. The largest absolute Gasteiger partial charge is 0.383 e. The number of rotatable bonds is 8. The Hall–Kier alpha value is -0.120. The smallest absolute Gasteiger partial charge is 0.0589 e. The minimum absolute atomic E-state index is 0.329. The van der Waals surface area contributed by atoms with Gasteiger partial charge in [0.05, 0.1) is 6.61 Å². The van der Waals surface area contributed by atoms with Crippen LogP contribution in [0.5, 0.6) is 0 Å². The highest BCUT2D eigenvalue weighted by Gasteiger charge is 2.22. The summed E-state index contributed by atoms with van der Waals surface area (Å²) in [4.78, 5) is 2.44. The average molecular weight is 230 g/mol. The Morgan fingerprint density at radius 1 is 1.25 bits per heavy atom. The number of hydrogen-bond donors (Lipinski definition) is 1. The molecule has 0 heterocycles. The van der Waals surface area contributed by atoms with Gasteiger partial charge in [-0.15, -0.1) is 0 Å². The van der Waals surface area contributed by atoms with Gasteiger partial charge in [-0.25, -0.2) is 0 Å². The van der Waals surface area contributed by atoms with Crippen LogP contribution in [0.25, 0.3) is 0 Å². The second kappa shape index (κ2) is 8.04. The van der Waals surface area contributed by atoms with Gasteiger partial charge in [0, 0.05) is 19.7 Å². The zero-order chi connectivity index (χ0) is 12.6. The van der Waals surface area contributed by atoms with Crippen molar-refractivity contribution in [1.82, 2.24) is 10.2 Å². The molecule has 16 heavy (non-hydrogen) atoms. The topological polar surface area (TPSA) is 24.5 Å². The van der Waals surface area contributed by atoms with Crippen LogP contribution in [0.15, 0.2) is 0 Å². The fraction of sp³-hybridized carbons (Fsp3) is 1.00. The molecule has 0 aliphatic heterocycles. The third kappa shape index (κ3) is 6.46. The molecule has 0 aliphatic rings. The van der Waals surface area contributed by atoms with Gasteiger partial charge in [-0.2, -0.15) is 0 Å². The summed E-state index contributed by atoms with van der Waals surface area (Å²) in [6, 6.07) is 0.573. The van der Waals surface area contributed by atoms with E-state index < -0.39 is 0 Å². The van der Waals surface area contributed by atoms with Crippen LogP contribution in [-0.2, 0) is 4.74 Å². The molecule has 0 fully saturated rings. The summed E-state index contributed by atoms with van der Waals surface area (Å²) >= 11 is 0. The fourth-order valence-corrected chi connectivity index (χ4v) is 1.97. The van der Waals surface area contributed by atoms with Gasteiger partial charge in [-0.1, -0.05) is 27.7 Å². The van der Waals surface area contributed by atoms with E-state index in [0.717, 1.165) is 26.2 Å². The van der Waals surface area contributed by atoms with E-state index in [-0.39, 0.29) is 0 Å². The number of hydrogen-bond acceptors (Lipinski definition) is 3. The van der Waals surface area contributed by atoms with Gasteiger partial charge in [0.25, 0.3) is 0 Å². The van der Waals surface area contributed by atoms with Crippen molar-refractivity contribution in [3.8, 4) is 0 Å². The van der Waals surface area contributed by atoms with Crippen molar-refractivity contribution < 1.29 is 4.74 Å². The third-order valence-electron chi connectivity index (χ3n) is 3.19. The van der Waals surface area contributed by atoms with Gasteiger partial charge in [0.1, 0.15) is 0 Å². The zero-order valence-corrected chi connectivity index (χ0v) is 12.0. The summed E-state index contributed by atoms with van der Waals surface area (Å²) in [7, 11) is 3.82. The molecule has 3 nitrogen and oxygen atoms in total. The Balaban J connectivity index is 3.98. The van der Waals surface area contributed by atoms with E-state index in [1.807, 2.05) is 0 Å². The lowest BCUT2D eigenvalue weighted by Crippen LogP contribution is -2.41. The van der Waals surface area contributed by atoms with Crippen LogP contribution < -0.4 is 5.32 Å². The predicted molar refractivity (Wildman–Crippen MR) is 70.9 cm³/mol. The van der Waals surface area contributed by atoms with Gasteiger partial charge in [-0.3, -0.25) is 0 Å². The van der Waals surface area contributed by atoms with Crippen LogP contribution in [0.4, 0.5) is 0 Å². The van der Waals surface area contributed by atoms with E-state index in [9.17, 15) is 0 Å². The lowest BCUT2D eigenvalue weighted by molar-refractivity contribution is 0.142. The summed E-state index contributed by atoms with van der Waals surface area (Å²) in [6.45, 7) is 13.2. The molecule has 0 aromatic rings. The quantitative estimate of drug-likeness (QED) is 0.690. The van der Waals surface area contributed by atoms with E-state index >= 15 is 0 Å². The summed E-state index contributed by atoms with van der Waals surface area (Å²) in [5.74, 6) is 0. The van der Waals surface area contributed by atoms with Crippen LogP contribution in [0.3, 0.4) is 0 Å². The third-order valence-corrected chi connectivity index (χ3v) is 3.19. The number of methoxy groups -OCH3 is 1. The van der Waals surface area contributed by atoms with Gasteiger partial charge in [0.15, 0.2) is 0 Å². The van der Waals surface area contributed by atoms with E-state index in [2.05, 4.69) is 45.0 Å². The van der Waals surface area contributed by atoms with Crippen LogP contribution in [0, 0.1) is 5.41 Å². The average Bonchev–Trinajstić information content (AvgIpc) is 2.21. The van der Waals surface area contributed by atoms with E-state index in [0.29, 0.717) is 11.5 Å². The molecule has 0 saturated heterocycles. The molecule has 1 atom stereocenters. The van der Waals surface area contributed by atoms with E-state index in [1.165, 1.54) is 6.42 Å². The monoisotopic (exact) mass is 230 g/mol. The van der Waals surface area contributed by atoms with Crippen molar-refractivity contribution in [2.24, 2.45) is 5.41 Å². The Kier molecular flexibility index (Phi) is 7.98. The molecule has 0 bridgehead atoms. The van der Waals surface area contributed by atoms with Crippen molar-refractivity contribution in [3.63, 3.8) is 0 Å². The maximum absolute atomic E-state index is 5.12. The first kappa shape index (κ1) is 15.9. The standard InChI is InChI=1S/C13H30N2O/c1-7-15(10-11-16-6)9-8-12(14-5)13(2,3)4/h12,14H,7-11H2,1-6H3. The lowest BCUT2D eigenvalue weighted by Gasteiger charge is -2.32. The highest BCUT2D eigenvalue weighted by molar-refractivity contribution is 4.80. The first-order valence-electron chi connectivity index (χ1n) is 6.34. The molecule has 0 amide bonds. The molecule has 0 aromatic heterocycles. The van der Waals surface area contributed by atoms with Gasteiger partial charge in [-0.05, 0) is 32.0 Å². The fourth-order valence-electron chi connectivity index (χ4n) is 1.97. The number of nitrogens with one attached hydrogen (secondary N) is 1. The molecular weight excluding hydrogens is 200 g/mol. The van der Waals surface area contributed by atoms with Crippen LogP contribution in [0.1, 0.15) is 34.1 Å². The molecule has 98 valence electrons. The molecule has 1 N–H and O–H groups in total. The van der Waals surface area contributed by atoms with Crippen molar-refractivity contribution in [2.75, 3.05) is 40.4 Å². The summed E-state index contributed by atoms with van der Waals surface area (Å²) in [5.41, 5.74) is 0.329. The Labute approximate surface area is 102 Å². The van der Waals surface area contributed by atoms with Crippen LogP contribution in [0.2, 0.25) is 0 Å². The first-order valence-corrected chi connectivity index (χ1v) is 6.34. The number of nitrogens with zero attached hydrogens (tertiary/aromatic N) is 1. The number of ether oxygens (including phenoxy) is 1. The van der Waals surface area contributed by atoms with Gasteiger partial charge < -0.3 is 15.0 Å². The molecule has 0 saturated carbocycles. The van der Waals surface area contributed by atoms with Crippen molar-refractivity contribution >= 4 is 0 Å². The zero-order valence-electron chi connectivity index (χ0n) is 12.0. The van der Waals surface area contributed by atoms with E-state index in [1.54, 1.807) is 7.11 Å². The first-order chi connectivity index (χ1) is 7.45. The second-order valence-electron chi connectivity index (χ2n) is 5.42. The van der Waals surface area contributed by atoms with Gasteiger partial charge in [0.2, 0.25) is 0 Å². The Morgan fingerprint density at radius 2 is 1.88 bits per heavy atom. The van der Waals surface area contributed by atoms with Crippen molar-refractivity contribution in [2.45, 2.75) is 40.2 Å². The van der Waals surface area contributed by atoms with Crippen LogP contribution >= 0.6 is 0 Å². The second-order valence-corrected chi connectivity index (χ2v) is 5.42. The van der Waals surface area contributed by atoms with Crippen LogP contribution in [-0.4, -0.2) is 51.3 Å². The predicted octanol–water partition coefficient (Wildman–Crippen LogP) is 1.98. The molecule has 0 spiro atoms. The molecule has 0 aromatic carbocycles. The highest BCUT2D eigenvalue weighted by atomic mass is 16.5. The SMILES string of the molecule is CCN(CCOC)CCC(NC)C(C)(C)C. The summed E-state index contributed by atoms with van der Waals surface area (Å²) in [5, 5.41) is 3.42. The minimum Gasteiger partial charge on any atom is -0.383 e. The van der Waals surface area contributed by atoms with Crippen molar-refractivity contribution in [3.05, 3.63) is 0 Å². The Bertz CT molecular complexity index is 166. The maximum atomic E-state index is 5.12. The molecular formula is C13H30N2O. The van der Waals surface area contributed by atoms with E-state index in [4.69, 9.17) is 4.74 Å². The molecule has 0 rings (SSSR count). The normalized spacial score (nSPS) is 14.4. The van der Waals surface area contributed by atoms with Gasteiger partial charge >= 0.3 is 0 Å². The lowest BCUT2D eigenvalue weighted by atomic mass is 9.85.